The Morgan fingerprint density at radius 2 is 1.95 bits per heavy atom. The number of ether oxygens (including phenoxy) is 2. The molecule has 0 radical (unpaired) electrons. The van der Waals surface area contributed by atoms with E-state index in [0.29, 0.717) is 12.6 Å². The molecular weight excluding hydrogens is 238 g/mol. The summed E-state index contributed by atoms with van der Waals surface area (Å²) >= 11 is 0. The molecule has 0 saturated heterocycles. The average molecular weight is 265 g/mol. The number of nitrogens with one attached hydrogen (secondary N) is 1. The van der Waals surface area contributed by atoms with E-state index >= 15 is 0 Å². The molecule has 0 aromatic heterocycles. The van der Waals surface area contributed by atoms with E-state index in [1.807, 2.05) is 0 Å². The van der Waals surface area contributed by atoms with Crippen molar-refractivity contribution < 1.29 is 9.47 Å². The highest BCUT2D eigenvalue weighted by molar-refractivity contribution is 5.27. The van der Waals surface area contributed by atoms with Crippen LogP contribution in [0, 0.1) is 0 Å². The Bertz CT molecular complexity index is 324. The summed E-state index contributed by atoms with van der Waals surface area (Å²) < 4.78 is 10.8. The summed E-state index contributed by atoms with van der Waals surface area (Å²) in [6, 6.07) is 8.80. The van der Waals surface area contributed by atoms with E-state index in [0.717, 1.165) is 25.3 Å². The van der Waals surface area contributed by atoms with Crippen LogP contribution >= 0.6 is 0 Å². The standard InChI is InChI=1S/C16H27NO2/c1-4-5-6-15-7-9-16(10-8-15)19-12-11-17-14(2)13-18-3/h7-10,14,17H,4-6,11-13H2,1-3H3. The molecule has 0 fully saturated rings. The van der Waals surface area contributed by atoms with Gasteiger partial charge in [-0.2, -0.15) is 0 Å². The zero-order chi connectivity index (χ0) is 13.9. The fraction of sp³-hybridized carbons (Fsp3) is 0.625. The number of methoxy groups -OCH3 is 1. The van der Waals surface area contributed by atoms with Crippen molar-refractivity contribution in [1.82, 2.24) is 5.32 Å². The van der Waals surface area contributed by atoms with Gasteiger partial charge in [-0.3, -0.25) is 0 Å². The number of aryl methyl sites for hydroxylation is 1. The van der Waals surface area contributed by atoms with Crippen LogP contribution < -0.4 is 10.1 Å². The smallest absolute Gasteiger partial charge is 0.119 e. The van der Waals surface area contributed by atoms with Crippen LogP contribution in [0.3, 0.4) is 0 Å². The summed E-state index contributed by atoms with van der Waals surface area (Å²) in [5.74, 6) is 0.946. The molecule has 1 aromatic rings. The van der Waals surface area contributed by atoms with E-state index < -0.39 is 0 Å². The largest absolute Gasteiger partial charge is 0.492 e. The number of hydrogen-bond acceptors (Lipinski definition) is 3. The van der Waals surface area contributed by atoms with E-state index in [1.165, 1.54) is 18.4 Å². The summed E-state index contributed by atoms with van der Waals surface area (Å²) in [5.41, 5.74) is 1.39. The van der Waals surface area contributed by atoms with E-state index in [4.69, 9.17) is 9.47 Å². The maximum absolute atomic E-state index is 5.69. The minimum Gasteiger partial charge on any atom is -0.492 e. The van der Waals surface area contributed by atoms with E-state index in [1.54, 1.807) is 7.11 Å². The maximum atomic E-state index is 5.69. The van der Waals surface area contributed by atoms with Gasteiger partial charge < -0.3 is 14.8 Å². The zero-order valence-corrected chi connectivity index (χ0v) is 12.4. The van der Waals surface area contributed by atoms with Crippen molar-refractivity contribution in [2.24, 2.45) is 0 Å². The van der Waals surface area contributed by atoms with E-state index in [-0.39, 0.29) is 0 Å². The SMILES string of the molecule is CCCCc1ccc(OCCNC(C)COC)cc1. The molecule has 1 unspecified atom stereocenters. The first-order valence-corrected chi connectivity index (χ1v) is 7.20. The van der Waals surface area contributed by atoms with Gasteiger partial charge in [0.05, 0.1) is 6.61 Å². The van der Waals surface area contributed by atoms with Gasteiger partial charge in [0.2, 0.25) is 0 Å². The fourth-order valence-corrected chi connectivity index (χ4v) is 1.92. The zero-order valence-electron chi connectivity index (χ0n) is 12.4. The molecule has 0 heterocycles. The Hall–Kier alpha value is -1.06. The number of unbranched alkanes of at least 4 members (excludes halogenated alkanes) is 1. The highest BCUT2D eigenvalue weighted by Crippen LogP contribution is 2.13. The summed E-state index contributed by atoms with van der Waals surface area (Å²) in [6.07, 6.45) is 3.65. The van der Waals surface area contributed by atoms with Crippen molar-refractivity contribution in [2.45, 2.75) is 39.2 Å². The second kappa shape index (κ2) is 9.82. The molecule has 0 spiro atoms. The van der Waals surface area contributed by atoms with Crippen LogP contribution in [0.2, 0.25) is 0 Å². The molecule has 0 aliphatic rings. The Kier molecular flexibility index (Phi) is 8.26. The fourth-order valence-electron chi connectivity index (χ4n) is 1.92. The third kappa shape index (κ3) is 7.19. The molecule has 3 heteroatoms. The highest BCUT2D eigenvalue weighted by atomic mass is 16.5. The molecule has 0 bridgehead atoms. The molecule has 1 aromatic carbocycles. The van der Waals surface area contributed by atoms with Gasteiger partial charge in [0.1, 0.15) is 12.4 Å². The van der Waals surface area contributed by atoms with Crippen LogP contribution in [-0.4, -0.2) is 32.9 Å². The van der Waals surface area contributed by atoms with Gasteiger partial charge in [-0.05, 0) is 37.5 Å². The lowest BCUT2D eigenvalue weighted by Crippen LogP contribution is -2.33. The predicted octanol–water partition coefficient (Wildman–Crippen LogP) is 3.03. The normalized spacial score (nSPS) is 12.4. The lowest BCUT2D eigenvalue weighted by molar-refractivity contribution is 0.169. The number of hydrogen-bond donors (Lipinski definition) is 1. The first-order valence-electron chi connectivity index (χ1n) is 7.20. The van der Waals surface area contributed by atoms with Gasteiger partial charge in [-0.15, -0.1) is 0 Å². The van der Waals surface area contributed by atoms with Gasteiger partial charge >= 0.3 is 0 Å². The molecule has 0 aliphatic heterocycles. The molecule has 1 N–H and O–H groups in total. The van der Waals surface area contributed by atoms with Crippen molar-refractivity contribution in [3.05, 3.63) is 29.8 Å². The molecule has 0 aliphatic carbocycles. The molecule has 1 rings (SSSR count). The Labute approximate surface area is 117 Å². The van der Waals surface area contributed by atoms with Gasteiger partial charge in [-0.1, -0.05) is 25.5 Å². The third-order valence-corrected chi connectivity index (χ3v) is 3.02. The van der Waals surface area contributed by atoms with E-state index in [9.17, 15) is 0 Å². The van der Waals surface area contributed by atoms with Crippen LogP contribution in [0.25, 0.3) is 0 Å². The predicted molar refractivity (Wildman–Crippen MR) is 79.9 cm³/mol. The lowest BCUT2D eigenvalue weighted by Gasteiger charge is -2.13. The highest BCUT2D eigenvalue weighted by Gasteiger charge is 2.00. The molecule has 108 valence electrons. The van der Waals surface area contributed by atoms with Crippen LogP contribution in [-0.2, 0) is 11.2 Å². The minimum absolute atomic E-state index is 0.366. The Balaban J connectivity index is 2.19. The molecular formula is C16H27NO2. The molecule has 0 amide bonds. The minimum atomic E-state index is 0.366. The van der Waals surface area contributed by atoms with Crippen LogP contribution in [0.1, 0.15) is 32.3 Å². The molecule has 19 heavy (non-hydrogen) atoms. The van der Waals surface area contributed by atoms with Gasteiger partial charge in [0.15, 0.2) is 0 Å². The topological polar surface area (TPSA) is 30.5 Å². The van der Waals surface area contributed by atoms with Gasteiger partial charge in [0.25, 0.3) is 0 Å². The first-order chi connectivity index (χ1) is 9.26. The first kappa shape index (κ1) is 16.0. The van der Waals surface area contributed by atoms with Gasteiger partial charge in [0, 0.05) is 19.7 Å². The third-order valence-electron chi connectivity index (χ3n) is 3.02. The van der Waals surface area contributed by atoms with Crippen LogP contribution in [0.15, 0.2) is 24.3 Å². The van der Waals surface area contributed by atoms with Crippen molar-refractivity contribution in [1.29, 1.82) is 0 Å². The van der Waals surface area contributed by atoms with Crippen molar-refractivity contribution in [3.63, 3.8) is 0 Å². The van der Waals surface area contributed by atoms with Crippen molar-refractivity contribution >= 4 is 0 Å². The maximum Gasteiger partial charge on any atom is 0.119 e. The molecule has 1 atom stereocenters. The molecule has 3 nitrogen and oxygen atoms in total. The average Bonchev–Trinajstić information content (AvgIpc) is 2.43. The summed E-state index contributed by atoms with van der Waals surface area (Å²) in [7, 11) is 1.72. The second-order valence-electron chi connectivity index (χ2n) is 4.91. The molecule has 0 saturated carbocycles. The number of benzene rings is 1. The van der Waals surface area contributed by atoms with Gasteiger partial charge in [-0.25, -0.2) is 0 Å². The summed E-state index contributed by atoms with van der Waals surface area (Å²) in [5, 5.41) is 3.34. The quantitative estimate of drug-likeness (QED) is 0.660. The Morgan fingerprint density at radius 3 is 2.58 bits per heavy atom. The van der Waals surface area contributed by atoms with E-state index in [2.05, 4.69) is 43.4 Å². The van der Waals surface area contributed by atoms with Crippen LogP contribution in [0.4, 0.5) is 0 Å². The summed E-state index contributed by atoms with van der Waals surface area (Å²) in [6.45, 7) is 6.57. The monoisotopic (exact) mass is 265 g/mol. The van der Waals surface area contributed by atoms with Crippen molar-refractivity contribution in [3.8, 4) is 5.75 Å². The Morgan fingerprint density at radius 1 is 1.21 bits per heavy atom. The second-order valence-corrected chi connectivity index (χ2v) is 4.91. The lowest BCUT2D eigenvalue weighted by atomic mass is 10.1. The number of rotatable bonds is 10. The van der Waals surface area contributed by atoms with Crippen LogP contribution in [0.5, 0.6) is 5.75 Å². The summed E-state index contributed by atoms with van der Waals surface area (Å²) in [4.78, 5) is 0. The van der Waals surface area contributed by atoms with Crippen molar-refractivity contribution in [2.75, 3.05) is 26.9 Å².